The van der Waals surface area contributed by atoms with Gasteiger partial charge in [-0.3, -0.25) is 0 Å². The molecular formula is C13H18BrNO2. The Bertz CT molecular complexity index is 381. The zero-order chi connectivity index (χ0) is 13.1. The molecule has 0 aliphatic heterocycles. The van der Waals surface area contributed by atoms with Gasteiger partial charge < -0.3 is 10.1 Å². The molecule has 1 rings (SSSR count). The molecule has 0 heterocycles. The lowest BCUT2D eigenvalue weighted by Gasteiger charge is -2.24. The first-order valence-corrected chi connectivity index (χ1v) is 6.28. The maximum Gasteiger partial charge on any atom is 0.328 e. The lowest BCUT2D eigenvalue weighted by molar-refractivity contribution is -0.157. The molecule has 0 aliphatic carbocycles. The number of rotatable bonds is 3. The van der Waals surface area contributed by atoms with Crippen LogP contribution in [0.1, 0.15) is 32.4 Å². The smallest absolute Gasteiger partial charge is 0.328 e. The van der Waals surface area contributed by atoms with Crippen molar-refractivity contribution in [3.05, 3.63) is 34.3 Å². The van der Waals surface area contributed by atoms with Gasteiger partial charge in [0, 0.05) is 4.47 Å². The van der Waals surface area contributed by atoms with Gasteiger partial charge in [-0.15, -0.1) is 0 Å². The van der Waals surface area contributed by atoms with E-state index in [0.29, 0.717) is 0 Å². The predicted molar refractivity (Wildman–Crippen MR) is 71.8 cm³/mol. The number of benzene rings is 1. The minimum Gasteiger partial charge on any atom is -0.459 e. The fraction of sp³-hybridized carbons (Fsp3) is 0.462. The van der Waals surface area contributed by atoms with E-state index in [0.717, 1.165) is 10.0 Å². The predicted octanol–water partition coefficient (Wildman–Crippen LogP) is 3.05. The van der Waals surface area contributed by atoms with Crippen molar-refractivity contribution in [1.82, 2.24) is 5.32 Å². The second-order valence-electron chi connectivity index (χ2n) is 4.81. The molecule has 94 valence electrons. The van der Waals surface area contributed by atoms with E-state index in [4.69, 9.17) is 4.74 Å². The Morgan fingerprint density at radius 3 is 2.24 bits per heavy atom. The molecule has 0 aliphatic rings. The van der Waals surface area contributed by atoms with Gasteiger partial charge in [0.1, 0.15) is 11.6 Å². The maximum atomic E-state index is 12.0. The Labute approximate surface area is 111 Å². The van der Waals surface area contributed by atoms with Crippen molar-refractivity contribution in [1.29, 1.82) is 0 Å². The lowest BCUT2D eigenvalue weighted by atomic mass is 10.1. The number of carbonyl (C=O) groups excluding carboxylic acids is 1. The molecule has 1 unspecified atom stereocenters. The number of esters is 1. The summed E-state index contributed by atoms with van der Waals surface area (Å²) >= 11 is 3.37. The van der Waals surface area contributed by atoms with Crippen LogP contribution >= 0.6 is 15.9 Å². The number of ether oxygens (including phenoxy) is 1. The first-order chi connectivity index (χ1) is 7.83. The van der Waals surface area contributed by atoms with Crippen molar-refractivity contribution in [3.8, 4) is 0 Å². The number of likely N-dealkylation sites (N-methyl/N-ethyl adjacent to an activating group) is 1. The van der Waals surface area contributed by atoms with E-state index in [2.05, 4.69) is 21.2 Å². The van der Waals surface area contributed by atoms with Crippen LogP contribution in [-0.2, 0) is 9.53 Å². The summed E-state index contributed by atoms with van der Waals surface area (Å²) in [7, 11) is 1.75. The molecule has 0 fully saturated rings. The topological polar surface area (TPSA) is 38.3 Å². The molecule has 17 heavy (non-hydrogen) atoms. The average molecular weight is 300 g/mol. The summed E-state index contributed by atoms with van der Waals surface area (Å²) in [5.41, 5.74) is 0.423. The van der Waals surface area contributed by atoms with Gasteiger partial charge in [-0.1, -0.05) is 28.1 Å². The Morgan fingerprint density at radius 1 is 1.29 bits per heavy atom. The van der Waals surface area contributed by atoms with Crippen LogP contribution in [0.4, 0.5) is 0 Å². The van der Waals surface area contributed by atoms with Crippen molar-refractivity contribution < 1.29 is 9.53 Å². The van der Waals surface area contributed by atoms with Crippen molar-refractivity contribution in [3.63, 3.8) is 0 Å². The first-order valence-electron chi connectivity index (χ1n) is 5.49. The third kappa shape index (κ3) is 4.48. The van der Waals surface area contributed by atoms with Gasteiger partial charge in [-0.2, -0.15) is 0 Å². The van der Waals surface area contributed by atoms with Gasteiger partial charge in [-0.05, 0) is 45.5 Å². The van der Waals surface area contributed by atoms with Crippen LogP contribution in [0.3, 0.4) is 0 Å². The molecule has 0 amide bonds. The highest BCUT2D eigenvalue weighted by molar-refractivity contribution is 9.10. The summed E-state index contributed by atoms with van der Waals surface area (Å²) in [5, 5.41) is 2.97. The van der Waals surface area contributed by atoms with Crippen LogP contribution in [0.5, 0.6) is 0 Å². The van der Waals surface area contributed by atoms with Crippen molar-refractivity contribution in [2.24, 2.45) is 0 Å². The van der Waals surface area contributed by atoms with Gasteiger partial charge in [0.2, 0.25) is 0 Å². The molecule has 0 saturated heterocycles. The number of hydrogen-bond acceptors (Lipinski definition) is 3. The molecular weight excluding hydrogens is 282 g/mol. The van der Waals surface area contributed by atoms with E-state index in [-0.39, 0.29) is 5.97 Å². The second kappa shape index (κ2) is 5.65. The van der Waals surface area contributed by atoms with Crippen molar-refractivity contribution in [2.45, 2.75) is 32.4 Å². The molecule has 0 spiro atoms. The van der Waals surface area contributed by atoms with Crippen molar-refractivity contribution >= 4 is 21.9 Å². The van der Waals surface area contributed by atoms with Crippen LogP contribution in [0, 0.1) is 0 Å². The van der Waals surface area contributed by atoms with Crippen LogP contribution in [0.15, 0.2) is 28.7 Å². The number of nitrogens with one attached hydrogen (secondary N) is 1. The summed E-state index contributed by atoms with van der Waals surface area (Å²) in [6, 6.07) is 7.18. The van der Waals surface area contributed by atoms with Gasteiger partial charge in [-0.25, -0.2) is 4.79 Å². The minimum atomic E-state index is -0.471. The van der Waals surface area contributed by atoms with E-state index in [1.807, 2.05) is 45.0 Å². The first kappa shape index (κ1) is 14.2. The van der Waals surface area contributed by atoms with Gasteiger partial charge in [0.15, 0.2) is 0 Å². The maximum absolute atomic E-state index is 12.0. The fourth-order valence-corrected chi connectivity index (χ4v) is 1.70. The SMILES string of the molecule is CNC(C(=O)OC(C)(C)C)c1ccc(Br)cc1. The Kier molecular flexibility index (Phi) is 4.71. The molecule has 1 aromatic carbocycles. The van der Waals surface area contributed by atoms with E-state index in [1.54, 1.807) is 7.05 Å². The molecule has 0 radical (unpaired) electrons. The molecule has 0 aromatic heterocycles. The highest BCUT2D eigenvalue weighted by Gasteiger charge is 2.25. The number of carbonyl (C=O) groups is 1. The van der Waals surface area contributed by atoms with Gasteiger partial charge in [0.05, 0.1) is 0 Å². The largest absolute Gasteiger partial charge is 0.459 e. The summed E-state index contributed by atoms with van der Waals surface area (Å²) in [5.74, 6) is -0.262. The summed E-state index contributed by atoms with van der Waals surface area (Å²) in [4.78, 5) is 12.0. The lowest BCUT2D eigenvalue weighted by Crippen LogP contribution is -2.33. The molecule has 1 aromatic rings. The van der Waals surface area contributed by atoms with E-state index in [1.165, 1.54) is 0 Å². The van der Waals surface area contributed by atoms with Crippen molar-refractivity contribution in [2.75, 3.05) is 7.05 Å². The Morgan fingerprint density at radius 2 is 1.82 bits per heavy atom. The monoisotopic (exact) mass is 299 g/mol. The Hall–Kier alpha value is -0.870. The molecule has 4 heteroatoms. The zero-order valence-corrected chi connectivity index (χ0v) is 12.2. The third-order valence-electron chi connectivity index (χ3n) is 2.13. The van der Waals surface area contributed by atoms with Crippen LogP contribution < -0.4 is 5.32 Å². The zero-order valence-electron chi connectivity index (χ0n) is 10.6. The van der Waals surface area contributed by atoms with E-state index < -0.39 is 11.6 Å². The summed E-state index contributed by atoms with van der Waals surface area (Å²) < 4.78 is 6.35. The van der Waals surface area contributed by atoms with E-state index in [9.17, 15) is 4.79 Å². The quantitative estimate of drug-likeness (QED) is 0.872. The van der Waals surface area contributed by atoms with Crippen LogP contribution in [-0.4, -0.2) is 18.6 Å². The van der Waals surface area contributed by atoms with Crippen LogP contribution in [0.2, 0.25) is 0 Å². The fourth-order valence-electron chi connectivity index (χ4n) is 1.44. The highest BCUT2D eigenvalue weighted by atomic mass is 79.9. The third-order valence-corrected chi connectivity index (χ3v) is 2.66. The molecule has 1 atom stereocenters. The molecule has 3 nitrogen and oxygen atoms in total. The minimum absolute atomic E-state index is 0.262. The Balaban J connectivity index is 2.84. The standard InChI is InChI=1S/C13H18BrNO2/c1-13(2,3)17-12(16)11(15-4)9-5-7-10(14)8-6-9/h5-8,11,15H,1-4H3. The summed E-state index contributed by atoms with van der Waals surface area (Å²) in [6.07, 6.45) is 0. The molecule has 1 N–H and O–H groups in total. The van der Waals surface area contributed by atoms with E-state index >= 15 is 0 Å². The summed E-state index contributed by atoms with van der Waals surface area (Å²) in [6.45, 7) is 5.58. The number of halogens is 1. The van der Waals surface area contributed by atoms with Crippen LogP contribution in [0.25, 0.3) is 0 Å². The average Bonchev–Trinajstić information content (AvgIpc) is 2.19. The second-order valence-corrected chi connectivity index (χ2v) is 5.72. The molecule has 0 bridgehead atoms. The number of hydrogen-bond donors (Lipinski definition) is 1. The van der Waals surface area contributed by atoms with Gasteiger partial charge in [0.25, 0.3) is 0 Å². The molecule has 0 saturated carbocycles. The highest BCUT2D eigenvalue weighted by Crippen LogP contribution is 2.20. The van der Waals surface area contributed by atoms with Gasteiger partial charge >= 0.3 is 5.97 Å². The normalized spacial score (nSPS) is 13.2.